The van der Waals surface area contributed by atoms with E-state index in [1.165, 1.54) is 12.1 Å². The Labute approximate surface area is 189 Å². The number of alkyl halides is 3. The molecule has 1 saturated heterocycles. The first-order chi connectivity index (χ1) is 15.7. The molecule has 1 fully saturated rings. The van der Waals surface area contributed by atoms with Crippen molar-refractivity contribution < 1.29 is 18.0 Å². The maximum atomic E-state index is 12.8. The number of benzene rings is 1. The molecule has 1 aliphatic heterocycles. The quantitative estimate of drug-likeness (QED) is 0.477. The second-order valence-corrected chi connectivity index (χ2v) is 8.28. The second kappa shape index (κ2) is 9.24. The zero-order chi connectivity index (χ0) is 23.6. The summed E-state index contributed by atoms with van der Waals surface area (Å²) >= 11 is 0. The van der Waals surface area contributed by atoms with E-state index in [1.54, 1.807) is 6.33 Å². The molecule has 1 amide bonds. The van der Waals surface area contributed by atoms with Gasteiger partial charge in [0.2, 0.25) is 11.9 Å². The van der Waals surface area contributed by atoms with Gasteiger partial charge in [0, 0.05) is 37.8 Å². The lowest BCUT2D eigenvalue weighted by Crippen LogP contribution is -2.27. The molecule has 4 rings (SSSR count). The number of carbonyl (C=O) groups is 1. The predicted molar refractivity (Wildman–Crippen MR) is 119 cm³/mol. The smallest absolute Gasteiger partial charge is 0.368 e. The summed E-state index contributed by atoms with van der Waals surface area (Å²) in [4.78, 5) is 27.2. The maximum absolute atomic E-state index is 12.8. The highest BCUT2D eigenvalue weighted by atomic mass is 19.4. The van der Waals surface area contributed by atoms with Crippen LogP contribution in [-0.4, -0.2) is 50.0 Å². The SMILES string of the molecule is CC(C)n1cnc2c(NCCCN3CCCC3=O)nc(Nc3ccc(C(F)(F)F)cc3)nc21. The van der Waals surface area contributed by atoms with Crippen molar-refractivity contribution >= 4 is 34.5 Å². The van der Waals surface area contributed by atoms with Gasteiger partial charge in [-0.25, -0.2) is 4.98 Å². The molecule has 0 atom stereocenters. The molecule has 0 radical (unpaired) electrons. The van der Waals surface area contributed by atoms with Crippen LogP contribution in [0.5, 0.6) is 0 Å². The van der Waals surface area contributed by atoms with Crippen LogP contribution in [-0.2, 0) is 11.0 Å². The number of nitrogens with zero attached hydrogens (tertiary/aromatic N) is 5. The number of amides is 1. The molecular formula is C22H26F3N7O. The van der Waals surface area contributed by atoms with Crippen LogP contribution in [0, 0.1) is 0 Å². The first-order valence-electron chi connectivity index (χ1n) is 10.9. The summed E-state index contributed by atoms with van der Waals surface area (Å²) in [5, 5.41) is 6.27. The van der Waals surface area contributed by atoms with Crippen LogP contribution in [0.2, 0.25) is 0 Å². The molecule has 2 N–H and O–H groups in total. The molecular weight excluding hydrogens is 435 g/mol. The molecule has 11 heteroatoms. The van der Waals surface area contributed by atoms with Gasteiger partial charge in [-0.1, -0.05) is 0 Å². The molecule has 3 aromatic rings. The van der Waals surface area contributed by atoms with Crippen LogP contribution in [0.3, 0.4) is 0 Å². The topological polar surface area (TPSA) is 88.0 Å². The van der Waals surface area contributed by atoms with Crippen LogP contribution in [0.15, 0.2) is 30.6 Å². The Morgan fingerprint density at radius 3 is 2.55 bits per heavy atom. The van der Waals surface area contributed by atoms with Crippen molar-refractivity contribution in [2.45, 2.75) is 45.3 Å². The summed E-state index contributed by atoms with van der Waals surface area (Å²) in [6.45, 7) is 6.08. The Morgan fingerprint density at radius 1 is 1.15 bits per heavy atom. The summed E-state index contributed by atoms with van der Waals surface area (Å²) < 4.78 is 40.4. The van der Waals surface area contributed by atoms with Gasteiger partial charge < -0.3 is 20.1 Å². The van der Waals surface area contributed by atoms with Crippen LogP contribution >= 0.6 is 0 Å². The normalized spacial score (nSPS) is 14.5. The molecule has 176 valence electrons. The van der Waals surface area contributed by atoms with Crippen LogP contribution < -0.4 is 10.6 Å². The number of halogens is 3. The standard InChI is InChI=1S/C22H26F3N7O/c1-14(2)32-13-27-18-19(26-10-4-12-31-11-3-5-17(31)33)29-21(30-20(18)32)28-16-8-6-15(7-9-16)22(23,24)25/h6-9,13-14H,3-5,10-12H2,1-2H3,(H2,26,28,29,30). The fourth-order valence-corrected chi connectivity index (χ4v) is 3.76. The van der Waals surface area contributed by atoms with Crippen molar-refractivity contribution in [1.29, 1.82) is 0 Å². The number of likely N-dealkylation sites (tertiary alicyclic amines) is 1. The number of rotatable bonds is 8. The molecule has 1 aromatic carbocycles. The molecule has 0 spiro atoms. The van der Waals surface area contributed by atoms with E-state index in [2.05, 4.69) is 25.6 Å². The van der Waals surface area contributed by atoms with Crippen molar-refractivity contribution in [3.8, 4) is 0 Å². The van der Waals surface area contributed by atoms with E-state index in [9.17, 15) is 18.0 Å². The van der Waals surface area contributed by atoms with Gasteiger partial charge in [-0.2, -0.15) is 23.1 Å². The highest BCUT2D eigenvalue weighted by molar-refractivity contribution is 5.85. The van der Waals surface area contributed by atoms with E-state index in [0.717, 1.165) is 31.5 Å². The Balaban J connectivity index is 1.53. The third-order valence-electron chi connectivity index (χ3n) is 5.51. The van der Waals surface area contributed by atoms with Gasteiger partial charge in [0.1, 0.15) is 0 Å². The van der Waals surface area contributed by atoms with Gasteiger partial charge in [0.25, 0.3) is 0 Å². The van der Waals surface area contributed by atoms with Crippen LogP contribution in [0.1, 0.15) is 44.7 Å². The fourth-order valence-electron chi connectivity index (χ4n) is 3.76. The van der Waals surface area contributed by atoms with E-state index >= 15 is 0 Å². The largest absolute Gasteiger partial charge is 0.416 e. The van der Waals surface area contributed by atoms with Gasteiger partial charge in [-0.15, -0.1) is 0 Å². The molecule has 0 saturated carbocycles. The van der Waals surface area contributed by atoms with Crippen LogP contribution in [0.25, 0.3) is 11.2 Å². The lowest BCUT2D eigenvalue weighted by Gasteiger charge is -2.16. The average Bonchev–Trinajstić information content (AvgIpc) is 3.37. The van der Waals surface area contributed by atoms with E-state index in [4.69, 9.17) is 0 Å². The molecule has 0 bridgehead atoms. The monoisotopic (exact) mass is 461 g/mol. The maximum Gasteiger partial charge on any atom is 0.416 e. The molecule has 2 aromatic heterocycles. The van der Waals surface area contributed by atoms with Crippen molar-refractivity contribution in [3.63, 3.8) is 0 Å². The van der Waals surface area contributed by atoms with Gasteiger partial charge in [-0.3, -0.25) is 4.79 Å². The van der Waals surface area contributed by atoms with Crippen LogP contribution in [0.4, 0.5) is 30.6 Å². The highest BCUT2D eigenvalue weighted by Gasteiger charge is 2.30. The lowest BCUT2D eigenvalue weighted by molar-refractivity contribution is -0.137. The van der Waals surface area contributed by atoms with Crippen molar-refractivity contribution in [2.24, 2.45) is 0 Å². The van der Waals surface area contributed by atoms with E-state index in [0.29, 0.717) is 42.2 Å². The molecule has 3 heterocycles. The number of anilines is 3. The summed E-state index contributed by atoms with van der Waals surface area (Å²) in [6, 6.07) is 4.82. The third-order valence-corrected chi connectivity index (χ3v) is 5.51. The molecule has 0 aliphatic carbocycles. The first kappa shape index (κ1) is 22.8. The Kier molecular flexibility index (Phi) is 6.39. The summed E-state index contributed by atoms with van der Waals surface area (Å²) in [7, 11) is 0. The number of aromatic nitrogens is 4. The summed E-state index contributed by atoms with van der Waals surface area (Å²) in [5.41, 5.74) is 0.947. The minimum Gasteiger partial charge on any atom is -0.368 e. The number of hydrogen-bond acceptors (Lipinski definition) is 6. The van der Waals surface area contributed by atoms with Crippen molar-refractivity contribution in [3.05, 3.63) is 36.2 Å². The molecule has 0 unspecified atom stereocenters. The number of fused-ring (bicyclic) bond motifs is 1. The minimum absolute atomic E-state index is 0.109. The number of imidazole rings is 1. The Bertz CT molecular complexity index is 1130. The number of nitrogens with one attached hydrogen (secondary N) is 2. The van der Waals surface area contributed by atoms with Gasteiger partial charge >= 0.3 is 6.18 Å². The molecule has 8 nitrogen and oxygen atoms in total. The van der Waals surface area contributed by atoms with Crippen molar-refractivity contribution in [1.82, 2.24) is 24.4 Å². The highest BCUT2D eigenvalue weighted by Crippen LogP contribution is 2.30. The fraction of sp³-hybridized carbons (Fsp3) is 0.455. The number of hydrogen-bond donors (Lipinski definition) is 2. The Hall–Kier alpha value is -3.37. The number of carbonyl (C=O) groups excluding carboxylic acids is 1. The third kappa shape index (κ3) is 5.18. The predicted octanol–water partition coefficient (Wildman–Crippen LogP) is 4.59. The zero-order valence-electron chi connectivity index (χ0n) is 18.5. The minimum atomic E-state index is -4.39. The Morgan fingerprint density at radius 2 is 1.91 bits per heavy atom. The second-order valence-electron chi connectivity index (χ2n) is 8.28. The van der Waals surface area contributed by atoms with Gasteiger partial charge in [-0.05, 0) is 51.0 Å². The summed E-state index contributed by atoms with van der Waals surface area (Å²) in [6.07, 6.45) is -0.422. The average molecular weight is 461 g/mol. The lowest BCUT2D eigenvalue weighted by atomic mass is 10.2. The summed E-state index contributed by atoms with van der Waals surface area (Å²) in [5.74, 6) is 0.974. The molecule has 1 aliphatic rings. The zero-order valence-corrected chi connectivity index (χ0v) is 18.5. The van der Waals surface area contributed by atoms with Gasteiger partial charge in [0.15, 0.2) is 17.0 Å². The first-order valence-corrected chi connectivity index (χ1v) is 10.9. The van der Waals surface area contributed by atoms with Crippen molar-refractivity contribution in [2.75, 3.05) is 30.3 Å². The molecule has 33 heavy (non-hydrogen) atoms. The van der Waals surface area contributed by atoms with Gasteiger partial charge in [0.05, 0.1) is 11.9 Å². The van der Waals surface area contributed by atoms with E-state index in [-0.39, 0.29) is 17.9 Å². The van der Waals surface area contributed by atoms with E-state index in [1.807, 2.05) is 23.3 Å². The van der Waals surface area contributed by atoms with E-state index < -0.39 is 11.7 Å².